The van der Waals surface area contributed by atoms with Crippen molar-refractivity contribution in [1.29, 1.82) is 0 Å². The molecule has 4 aliphatic heterocycles. The number of ether oxygens (including phenoxy) is 3. The van der Waals surface area contributed by atoms with Gasteiger partial charge in [-0.25, -0.2) is 9.59 Å². The van der Waals surface area contributed by atoms with Gasteiger partial charge in [0.15, 0.2) is 5.78 Å². The molecule has 88 heavy (non-hydrogen) atoms. The predicted octanol–water partition coefficient (Wildman–Crippen LogP) is 15.2. The minimum absolute atomic E-state index is 0. The maximum Gasteiger partial charge on any atom is 0.394 e. The van der Waals surface area contributed by atoms with Crippen molar-refractivity contribution in [1.82, 2.24) is 6.15 Å². The number of nitrogens with one attached hydrogen (secondary N) is 1. The number of Topliss-reactive ketones (excluding diaryl/α,β-unsaturated/α-hetero) is 1. The molecule has 12 rings (SSSR count). The fourth-order valence-electron chi connectivity index (χ4n) is 9.34. The second kappa shape index (κ2) is 32.6. The Balaban J connectivity index is 0.000000202. The lowest BCUT2D eigenvalue weighted by Crippen LogP contribution is -2.32. The Morgan fingerprint density at radius 2 is 0.761 bits per heavy atom. The van der Waals surface area contributed by atoms with Crippen molar-refractivity contribution >= 4 is 154 Å². The fraction of sp³-hybridized carbons (Fsp3) is 0.0781. The molecule has 456 valence electrons. The predicted molar refractivity (Wildman–Crippen MR) is 349 cm³/mol. The van der Waals surface area contributed by atoms with Crippen LogP contribution < -0.4 is 37.6 Å². The highest BCUT2D eigenvalue weighted by Gasteiger charge is 2.29. The maximum absolute atomic E-state index is 12.3. The molecule has 5 amide bonds. The average molecular weight is 1270 g/mol. The number of benzene rings is 8. The van der Waals surface area contributed by atoms with Gasteiger partial charge in [-0.15, -0.1) is 0 Å². The molecule has 20 nitrogen and oxygen atoms in total. The Bertz CT molecular complexity index is 3900. The van der Waals surface area contributed by atoms with Gasteiger partial charge < -0.3 is 42.3 Å². The van der Waals surface area contributed by atoms with Crippen molar-refractivity contribution < 1.29 is 60.8 Å². The van der Waals surface area contributed by atoms with Crippen LogP contribution in [0.3, 0.4) is 0 Å². The summed E-state index contributed by atoms with van der Waals surface area (Å²) in [4.78, 5) is 61.2. The number of aliphatic hydroxyl groups is 1. The number of hydrogen-bond acceptors (Lipinski definition) is 13. The third-order valence-electron chi connectivity index (χ3n) is 12.8. The van der Waals surface area contributed by atoms with Gasteiger partial charge in [0.05, 0.1) is 55.5 Å². The van der Waals surface area contributed by atoms with Gasteiger partial charge in [0.2, 0.25) is 0 Å². The lowest BCUT2D eigenvalue weighted by atomic mass is 10.0. The Labute approximate surface area is 523 Å². The molecule has 0 fully saturated rings. The van der Waals surface area contributed by atoms with E-state index >= 15 is 0 Å². The van der Waals surface area contributed by atoms with Gasteiger partial charge in [-0.3, -0.25) is 38.2 Å². The molecule has 4 aliphatic rings. The van der Waals surface area contributed by atoms with Crippen LogP contribution >= 0.6 is 34.8 Å². The van der Waals surface area contributed by atoms with E-state index in [4.69, 9.17) is 64.7 Å². The van der Waals surface area contributed by atoms with E-state index in [0.717, 1.165) is 80.3 Å². The first-order valence-corrected chi connectivity index (χ1v) is 28.2. The van der Waals surface area contributed by atoms with Crippen LogP contribution in [0, 0.1) is 0 Å². The van der Waals surface area contributed by atoms with Crippen LogP contribution in [0.5, 0.6) is 0 Å². The number of amides is 5. The van der Waals surface area contributed by atoms with Crippen molar-refractivity contribution in [3.63, 3.8) is 0 Å². The number of nitrogens with zero attached hydrogens (tertiary/aromatic N) is 3. The Kier molecular flexibility index (Phi) is 25.6. The number of anilines is 8. The summed E-state index contributed by atoms with van der Waals surface area (Å²) in [6.45, 7) is 0. The zero-order valence-corrected chi connectivity index (χ0v) is 50.7. The minimum atomic E-state index is -4.67. The van der Waals surface area contributed by atoms with Crippen molar-refractivity contribution in [3.05, 3.63) is 239 Å². The minimum Gasteiger partial charge on any atom is -0.496 e. The topological polar surface area (TPSA) is 317 Å². The standard InChI is InChI=1S/C16H12ClNO2.C16H14N2O2.C15H12N2O2.C15H13NO.CCl2O.CH4O.H3N.H2O4S/c2*1-20-15-10-11-6-2-4-8-13(11)18(16(17)19)14-9-5-3-7-12(14)15;16-15(19)17-12-7-3-1-5-10(12)9-14(18)11-6-2-4-8-13(11)17;1-17-15-10-11-6-2-4-8-13(11)16-14-9-5-3-7-12(14)15;2-1(3)4;1-2;;1-5(2,3)4/h2-10H,1H3;2-10H,1H3,(H2,17,19);1-8H,9H2,(H2,16,19);2-10,16H,1H3;;2H,1H3;1H3;(H2,1,2,3,4). The van der Waals surface area contributed by atoms with Crippen LogP contribution in [0.15, 0.2) is 194 Å². The molecule has 0 atom stereocenters. The number of carbonyl (C=O) groups is 5. The summed E-state index contributed by atoms with van der Waals surface area (Å²) in [5, 5.41) is 9.89. The first kappa shape index (κ1) is 69.0. The second-order valence-electron chi connectivity index (χ2n) is 17.9. The third kappa shape index (κ3) is 17.7. The lowest BCUT2D eigenvalue weighted by Gasteiger charge is -2.22. The van der Waals surface area contributed by atoms with Gasteiger partial charge in [0, 0.05) is 63.8 Å². The SMILES string of the molecule is CO.COC1=Cc2ccccc2N(C(=O)Cl)c2ccccc21.COC1=Cc2ccccc2N(C(N)=O)c2ccccc21.COC1=Cc2ccccc2Nc2ccccc21.N.NC(=O)N1c2ccccc2CC(=O)c2ccccc21.O=C(Cl)Cl.O=S(=O)(O)O. The highest BCUT2D eigenvalue weighted by molar-refractivity contribution is 7.79. The first-order chi connectivity index (χ1) is 41.7. The number of aliphatic hydroxyl groups excluding tert-OH is 1. The molecule has 0 aromatic heterocycles. The molecule has 0 saturated carbocycles. The Hall–Kier alpha value is -9.81. The molecule has 24 heteroatoms. The largest absolute Gasteiger partial charge is 0.496 e. The Morgan fingerprint density at radius 1 is 0.455 bits per heavy atom. The first-order valence-electron chi connectivity index (χ1n) is 25.7. The summed E-state index contributed by atoms with van der Waals surface area (Å²) in [7, 11) is 1.27. The summed E-state index contributed by atoms with van der Waals surface area (Å²) in [5.74, 6) is 2.29. The fourth-order valence-corrected chi connectivity index (χ4v) is 9.52. The number of nitrogens with two attached hydrogens (primary N) is 2. The monoisotopic (exact) mass is 1270 g/mol. The van der Waals surface area contributed by atoms with Gasteiger partial charge in [-0.05, 0) is 131 Å². The normalized spacial score (nSPS) is 12.2. The summed E-state index contributed by atoms with van der Waals surface area (Å²) in [6, 6.07) is 59.8. The molecule has 0 bridgehead atoms. The smallest absolute Gasteiger partial charge is 0.394 e. The quantitative estimate of drug-likeness (QED) is 0.0491. The number of para-hydroxylation sites is 8. The van der Waals surface area contributed by atoms with Gasteiger partial charge >= 0.3 is 32.5 Å². The average Bonchev–Trinajstić information content (AvgIpc) is 3.97. The zero-order chi connectivity index (χ0) is 63.4. The van der Waals surface area contributed by atoms with Crippen LogP contribution in [-0.2, 0) is 31.0 Å². The van der Waals surface area contributed by atoms with Crippen molar-refractivity contribution in [3.8, 4) is 0 Å². The molecule has 8 aromatic carbocycles. The number of urea groups is 2. The summed E-state index contributed by atoms with van der Waals surface area (Å²) in [5.41, 5.74) is 24.4. The van der Waals surface area contributed by atoms with Crippen molar-refractivity contribution in [2.75, 3.05) is 48.5 Å². The highest BCUT2D eigenvalue weighted by atomic mass is 35.5. The van der Waals surface area contributed by atoms with Crippen molar-refractivity contribution in [2.24, 2.45) is 11.5 Å². The second-order valence-corrected chi connectivity index (χ2v) is 20.0. The van der Waals surface area contributed by atoms with Crippen LogP contribution in [0.1, 0.15) is 49.3 Å². The van der Waals surface area contributed by atoms with Crippen molar-refractivity contribution in [2.45, 2.75) is 6.42 Å². The van der Waals surface area contributed by atoms with Crippen LogP contribution in [0.4, 0.5) is 64.7 Å². The zero-order valence-electron chi connectivity index (χ0n) is 47.6. The molecule has 11 N–H and O–H groups in total. The highest BCUT2D eigenvalue weighted by Crippen LogP contribution is 2.42. The van der Waals surface area contributed by atoms with E-state index in [1.165, 1.54) is 14.7 Å². The Morgan fingerprint density at radius 3 is 1.22 bits per heavy atom. The molecule has 0 saturated heterocycles. The van der Waals surface area contributed by atoms with Gasteiger partial charge in [-0.2, -0.15) is 8.42 Å². The molecule has 0 spiro atoms. The number of rotatable bonds is 3. The summed E-state index contributed by atoms with van der Waals surface area (Å²) >= 11 is 14.6. The van der Waals surface area contributed by atoms with Crippen LogP contribution in [0.25, 0.3) is 35.5 Å². The van der Waals surface area contributed by atoms with Gasteiger partial charge in [0.1, 0.15) is 17.3 Å². The number of halogens is 3. The molecular formula is C64H60Cl3N7O13S. The van der Waals surface area contributed by atoms with Gasteiger partial charge in [-0.1, -0.05) is 121 Å². The number of ketones is 1. The van der Waals surface area contributed by atoms with E-state index < -0.39 is 32.5 Å². The molecule has 0 aliphatic carbocycles. The summed E-state index contributed by atoms with van der Waals surface area (Å²) in [6.07, 6.45) is 6.16. The molecular weight excluding hydrogens is 1210 g/mol. The molecule has 0 radical (unpaired) electrons. The van der Waals surface area contributed by atoms with E-state index in [1.807, 2.05) is 152 Å². The number of carbonyl (C=O) groups excluding carboxylic acids is 5. The number of hydrogen-bond donors (Lipinski definition) is 7. The number of primary amides is 2. The molecule has 4 heterocycles. The van der Waals surface area contributed by atoms with Gasteiger partial charge in [0.25, 0.3) is 0 Å². The van der Waals surface area contributed by atoms with E-state index in [0.29, 0.717) is 34.1 Å². The number of methoxy groups -OCH3 is 3. The van der Waals surface area contributed by atoms with E-state index in [-0.39, 0.29) is 18.4 Å². The van der Waals surface area contributed by atoms with E-state index in [2.05, 4.69) is 58.9 Å². The molecule has 8 aromatic rings. The van der Waals surface area contributed by atoms with Crippen LogP contribution in [-0.4, -0.2) is 79.0 Å². The van der Waals surface area contributed by atoms with E-state index in [1.54, 1.807) is 51.7 Å². The third-order valence-corrected chi connectivity index (χ3v) is 12.9. The maximum atomic E-state index is 12.3. The van der Waals surface area contributed by atoms with Crippen LogP contribution in [0.2, 0.25) is 0 Å². The lowest BCUT2D eigenvalue weighted by molar-refractivity contribution is 0.0994. The molecule has 0 unspecified atom stereocenters. The summed E-state index contributed by atoms with van der Waals surface area (Å²) < 4.78 is 47.1. The van der Waals surface area contributed by atoms with E-state index in [9.17, 15) is 19.2 Å². The number of fused-ring (bicyclic) bond motifs is 8.